The van der Waals surface area contributed by atoms with E-state index < -0.39 is 13.3 Å². The lowest BCUT2D eigenvalue weighted by molar-refractivity contribution is 0.107. The van der Waals surface area contributed by atoms with Gasteiger partial charge in [-0.05, 0) is 30.9 Å². The van der Waals surface area contributed by atoms with Gasteiger partial charge in [0.15, 0.2) is 7.80 Å². The molecule has 1 aliphatic rings. The van der Waals surface area contributed by atoms with Crippen molar-refractivity contribution in [3.05, 3.63) is 46.8 Å². The second kappa shape index (κ2) is 6.76. The van der Waals surface area contributed by atoms with Crippen LogP contribution >= 0.6 is 7.80 Å². The lowest BCUT2D eigenvalue weighted by Crippen LogP contribution is -2.12. The second-order valence-corrected chi connectivity index (χ2v) is 8.04. The number of benzene rings is 1. The molecule has 0 saturated heterocycles. The third kappa shape index (κ3) is 3.59. The molecule has 5 heteroatoms. The molecule has 0 aromatic heterocycles. The molecule has 2 rings (SSSR count). The quantitative estimate of drug-likeness (QED) is 0.735. The van der Waals surface area contributed by atoms with E-state index in [0.717, 1.165) is 12.0 Å². The average Bonchev–Trinajstić information content (AvgIpc) is 2.51. The van der Waals surface area contributed by atoms with Crippen LogP contribution in [0.3, 0.4) is 0 Å². The summed E-state index contributed by atoms with van der Waals surface area (Å²) in [4.78, 5) is 12.8. The van der Waals surface area contributed by atoms with Crippen molar-refractivity contribution < 1.29 is 18.8 Å². The van der Waals surface area contributed by atoms with Gasteiger partial charge in [0.2, 0.25) is 5.52 Å². The highest BCUT2D eigenvalue weighted by Crippen LogP contribution is 2.47. The van der Waals surface area contributed by atoms with Crippen molar-refractivity contribution in [2.45, 2.75) is 27.2 Å². The lowest BCUT2D eigenvalue weighted by atomic mass is 9.82. The SMILES string of the molecule is COc1cccc(OC)c1C(=O)[PH](=O)C1=C(C)CC(C)(C)C=C1. The molecule has 23 heavy (non-hydrogen) atoms. The smallest absolute Gasteiger partial charge is 0.230 e. The Morgan fingerprint density at radius 3 is 2.22 bits per heavy atom. The van der Waals surface area contributed by atoms with Crippen LogP contribution in [-0.2, 0) is 4.57 Å². The number of hydrogen-bond donors (Lipinski definition) is 0. The van der Waals surface area contributed by atoms with Crippen LogP contribution < -0.4 is 9.47 Å². The van der Waals surface area contributed by atoms with Gasteiger partial charge in [0, 0.05) is 5.31 Å². The Labute approximate surface area is 138 Å². The minimum Gasteiger partial charge on any atom is -0.496 e. The first-order valence-electron chi connectivity index (χ1n) is 7.49. The molecule has 0 radical (unpaired) electrons. The number of carbonyl (C=O) groups is 1. The fraction of sp³-hybridized carbons (Fsp3) is 0.389. The zero-order valence-corrected chi connectivity index (χ0v) is 15.2. The van der Waals surface area contributed by atoms with Crippen LogP contribution in [-0.4, -0.2) is 19.7 Å². The highest BCUT2D eigenvalue weighted by atomic mass is 31.1. The van der Waals surface area contributed by atoms with Crippen LogP contribution in [0.15, 0.2) is 41.2 Å². The number of carbonyl (C=O) groups excluding carboxylic acids is 1. The number of rotatable bonds is 5. The topological polar surface area (TPSA) is 52.6 Å². The Kier molecular flexibility index (Phi) is 5.16. The minimum absolute atomic E-state index is 0.0287. The molecule has 124 valence electrons. The van der Waals surface area contributed by atoms with E-state index >= 15 is 0 Å². The summed E-state index contributed by atoms with van der Waals surface area (Å²) in [5.74, 6) is 0.761. The van der Waals surface area contributed by atoms with Crippen molar-refractivity contribution in [2.75, 3.05) is 14.2 Å². The highest BCUT2D eigenvalue weighted by molar-refractivity contribution is 7.68. The maximum Gasteiger partial charge on any atom is 0.230 e. The molecule has 1 aromatic rings. The molecule has 4 nitrogen and oxygen atoms in total. The summed E-state index contributed by atoms with van der Waals surface area (Å²) in [7, 11) is 0.326. The third-order valence-electron chi connectivity index (χ3n) is 3.99. The van der Waals surface area contributed by atoms with Crippen LogP contribution in [0.5, 0.6) is 11.5 Å². The van der Waals surface area contributed by atoms with E-state index in [4.69, 9.17) is 9.47 Å². The Bertz CT molecular complexity index is 691. The van der Waals surface area contributed by atoms with E-state index in [1.54, 1.807) is 18.2 Å². The van der Waals surface area contributed by atoms with Gasteiger partial charge < -0.3 is 14.0 Å². The molecule has 1 atom stereocenters. The van der Waals surface area contributed by atoms with E-state index in [2.05, 4.69) is 13.8 Å². The molecular formula is C18H23O4P. The Morgan fingerprint density at radius 2 is 1.74 bits per heavy atom. The van der Waals surface area contributed by atoms with E-state index in [1.807, 2.05) is 19.1 Å². The van der Waals surface area contributed by atoms with Gasteiger partial charge in [-0.15, -0.1) is 0 Å². The number of hydrogen-bond acceptors (Lipinski definition) is 4. The minimum atomic E-state index is -2.64. The molecule has 0 bridgehead atoms. The van der Waals surface area contributed by atoms with Gasteiger partial charge in [-0.1, -0.05) is 37.6 Å². The largest absolute Gasteiger partial charge is 0.496 e. The predicted molar refractivity (Wildman–Crippen MR) is 93.1 cm³/mol. The molecule has 0 N–H and O–H groups in total. The number of ether oxygens (including phenoxy) is 2. The van der Waals surface area contributed by atoms with Gasteiger partial charge in [0.05, 0.1) is 14.2 Å². The fourth-order valence-electron chi connectivity index (χ4n) is 2.87. The summed E-state index contributed by atoms with van der Waals surface area (Å²) in [6, 6.07) is 5.08. The van der Waals surface area contributed by atoms with E-state index in [9.17, 15) is 9.36 Å². The monoisotopic (exact) mass is 334 g/mol. The maximum atomic E-state index is 12.9. The summed E-state index contributed by atoms with van der Waals surface area (Å²) < 4.78 is 23.4. The van der Waals surface area contributed by atoms with Crippen molar-refractivity contribution in [1.29, 1.82) is 0 Å². The second-order valence-electron chi connectivity index (χ2n) is 6.39. The standard InChI is InChI=1S/C18H23O4P/c1-12-11-18(2,3)10-9-15(12)23(20)17(19)16-13(21-4)7-6-8-14(16)22-5/h6-10,23H,11H2,1-5H3. The van der Waals surface area contributed by atoms with Crippen LogP contribution in [0.2, 0.25) is 0 Å². The average molecular weight is 334 g/mol. The van der Waals surface area contributed by atoms with Crippen LogP contribution in [0, 0.1) is 5.41 Å². The first kappa shape index (κ1) is 17.6. The predicted octanol–water partition coefficient (Wildman–Crippen LogP) is 4.66. The molecule has 0 saturated carbocycles. The highest BCUT2D eigenvalue weighted by Gasteiger charge is 2.29. The normalized spacial score (nSPS) is 17.8. The molecular weight excluding hydrogens is 311 g/mol. The lowest BCUT2D eigenvalue weighted by Gasteiger charge is -2.26. The Hall–Kier alpha value is -1.80. The summed E-state index contributed by atoms with van der Waals surface area (Å²) in [6.45, 7) is 6.17. The fourth-order valence-corrected chi connectivity index (χ4v) is 4.30. The van der Waals surface area contributed by atoms with Gasteiger partial charge in [-0.2, -0.15) is 0 Å². The van der Waals surface area contributed by atoms with Crippen molar-refractivity contribution in [3.8, 4) is 11.5 Å². The molecule has 0 fully saturated rings. The van der Waals surface area contributed by atoms with Crippen molar-refractivity contribution in [3.63, 3.8) is 0 Å². The van der Waals surface area contributed by atoms with E-state index in [-0.39, 0.29) is 11.0 Å². The summed E-state index contributed by atoms with van der Waals surface area (Å²) in [5, 5.41) is 0.646. The first-order valence-corrected chi connectivity index (χ1v) is 8.90. The van der Waals surface area contributed by atoms with Gasteiger partial charge in [-0.25, -0.2) is 0 Å². The van der Waals surface area contributed by atoms with Gasteiger partial charge in [0.25, 0.3) is 0 Å². The summed E-state index contributed by atoms with van der Waals surface area (Å²) >= 11 is 0. The van der Waals surface area contributed by atoms with Crippen molar-refractivity contribution in [1.82, 2.24) is 0 Å². The molecule has 1 unspecified atom stereocenters. The van der Waals surface area contributed by atoms with Crippen LogP contribution in [0.4, 0.5) is 0 Å². The summed E-state index contributed by atoms with van der Waals surface area (Å²) in [6.07, 6.45) is 4.65. The molecule has 1 aliphatic carbocycles. The van der Waals surface area contributed by atoms with Crippen LogP contribution in [0.1, 0.15) is 37.6 Å². The van der Waals surface area contributed by atoms with Gasteiger partial charge in [-0.3, -0.25) is 4.79 Å². The van der Waals surface area contributed by atoms with E-state index in [0.29, 0.717) is 16.8 Å². The molecule has 0 heterocycles. The van der Waals surface area contributed by atoms with Crippen molar-refractivity contribution in [2.24, 2.45) is 5.41 Å². The van der Waals surface area contributed by atoms with Gasteiger partial charge in [0.1, 0.15) is 17.1 Å². The van der Waals surface area contributed by atoms with E-state index in [1.165, 1.54) is 14.2 Å². The number of methoxy groups -OCH3 is 2. The van der Waals surface area contributed by atoms with Gasteiger partial charge >= 0.3 is 0 Å². The molecule has 0 spiro atoms. The molecule has 0 aliphatic heterocycles. The zero-order chi connectivity index (χ0) is 17.2. The molecule has 0 amide bonds. The maximum absolute atomic E-state index is 12.9. The number of allylic oxidation sites excluding steroid dienone is 4. The Balaban J connectivity index is 2.43. The zero-order valence-electron chi connectivity index (χ0n) is 14.2. The van der Waals surface area contributed by atoms with Crippen LogP contribution in [0.25, 0.3) is 0 Å². The van der Waals surface area contributed by atoms with Crippen molar-refractivity contribution >= 4 is 13.3 Å². The third-order valence-corrected chi connectivity index (χ3v) is 5.73. The Morgan fingerprint density at radius 1 is 1.17 bits per heavy atom. The summed E-state index contributed by atoms with van der Waals surface area (Å²) in [5.41, 5.74) is 0.854. The molecule has 1 aromatic carbocycles. The first-order chi connectivity index (χ1) is 10.8.